The van der Waals surface area contributed by atoms with Crippen LogP contribution in [0, 0.1) is 18.3 Å². The fraction of sp³-hybridized carbons (Fsp3) is 0.0769. The van der Waals surface area contributed by atoms with Gasteiger partial charge in [0, 0.05) is 11.9 Å². The van der Waals surface area contributed by atoms with Crippen molar-refractivity contribution in [3.05, 3.63) is 46.6 Å². The van der Waals surface area contributed by atoms with Crippen molar-refractivity contribution in [3.63, 3.8) is 0 Å². The number of hydrogen-bond acceptors (Lipinski definition) is 4. The molecule has 2 aromatic rings. The molecule has 90 valence electrons. The number of anilines is 3. The number of halogens is 1. The van der Waals surface area contributed by atoms with Crippen molar-refractivity contribution in [2.24, 2.45) is 0 Å². The van der Waals surface area contributed by atoms with Crippen LogP contribution in [0.4, 0.5) is 17.2 Å². The number of nitrogens with zero attached hydrogens (tertiary/aromatic N) is 2. The Bertz CT molecular complexity index is 631. The van der Waals surface area contributed by atoms with Crippen molar-refractivity contribution in [1.82, 2.24) is 4.98 Å². The van der Waals surface area contributed by atoms with E-state index in [4.69, 9.17) is 22.6 Å². The highest BCUT2D eigenvalue weighted by Gasteiger charge is 2.04. The zero-order valence-corrected chi connectivity index (χ0v) is 10.5. The molecular formula is C13H11ClN4. The summed E-state index contributed by atoms with van der Waals surface area (Å²) in [4.78, 5) is 4.20. The number of rotatable bonds is 2. The second kappa shape index (κ2) is 4.94. The van der Waals surface area contributed by atoms with Gasteiger partial charge < -0.3 is 11.1 Å². The van der Waals surface area contributed by atoms with Crippen molar-refractivity contribution in [2.75, 3.05) is 11.1 Å². The topological polar surface area (TPSA) is 74.7 Å². The van der Waals surface area contributed by atoms with Crippen LogP contribution in [0.2, 0.25) is 5.02 Å². The minimum absolute atomic E-state index is 0.396. The second-order valence-corrected chi connectivity index (χ2v) is 4.29. The van der Waals surface area contributed by atoms with E-state index in [1.807, 2.05) is 19.1 Å². The predicted molar refractivity (Wildman–Crippen MR) is 72.8 cm³/mol. The summed E-state index contributed by atoms with van der Waals surface area (Å²) in [6, 6.07) is 8.91. The molecule has 2 rings (SSSR count). The average Bonchev–Trinajstić information content (AvgIpc) is 2.33. The van der Waals surface area contributed by atoms with Crippen LogP contribution in [0.1, 0.15) is 11.1 Å². The summed E-state index contributed by atoms with van der Waals surface area (Å²) >= 11 is 5.95. The SMILES string of the molecule is Cc1cnc(Nc2ccc(C#N)c(Cl)c2)c(N)c1. The number of benzene rings is 1. The maximum atomic E-state index is 8.79. The molecule has 5 heteroatoms. The Morgan fingerprint density at radius 3 is 2.78 bits per heavy atom. The number of nitrogens with one attached hydrogen (secondary N) is 1. The molecule has 0 fully saturated rings. The molecule has 0 saturated heterocycles. The number of aromatic nitrogens is 1. The highest BCUT2D eigenvalue weighted by Crippen LogP contribution is 2.25. The normalized spacial score (nSPS) is 9.83. The Morgan fingerprint density at radius 2 is 2.17 bits per heavy atom. The van der Waals surface area contributed by atoms with Gasteiger partial charge in [-0.05, 0) is 36.8 Å². The Kier molecular flexibility index (Phi) is 3.35. The van der Waals surface area contributed by atoms with Crippen LogP contribution in [0.3, 0.4) is 0 Å². The first-order chi connectivity index (χ1) is 8.60. The zero-order valence-electron chi connectivity index (χ0n) is 9.74. The van der Waals surface area contributed by atoms with Crippen molar-refractivity contribution >= 4 is 28.8 Å². The molecule has 0 unspecified atom stereocenters. The minimum atomic E-state index is 0.396. The minimum Gasteiger partial charge on any atom is -0.396 e. The summed E-state index contributed by atoms with van der Waals surface area (Å²) in [6.07, 6.45) is 1.73. The molecule has 0 aliphatic heterocycles. The Balaban J connectivity index is 2.29. The fourth-order valence-corrected chi connectivity index (χ4v) is 1.74. The maximum absolute atomic E-state index is 8.79. The molecule has 0 aliphatic rings. The summed E-state index contributed by atoms with van der Waals surface area (Å²) in [5.41, 5.74) is 8.59. The lowest BCUT2D eigenvalue weighted by Crippen LogP contribution is -1.99. The van der Waals surface area contributed by atoms with Crippen LogP contribution < -0.4 is 11.1 Å². The molecule has 0 saturated carbocycles. The van der Waals surface area contributed by atoms with Gasteiger partial charge >= 0.3 is 0 Å². The fourth-order valence-electron chi connectivity index (χ4n) is 1.52. The van der Waals surface area contributed by atoms with Gasteiger partial charge in [-0.3, -0.25) is 0 Å². The molecule has 0 aliphatic carbocycles. The van der Waals surface area contributed by atoms with Gasteiger partial charge in [-0.25, -0.2) is 4.98 Å². The predicted octanol–water partition coefficient (Wildman–Crippen LogP) is 3.24. The lowest BCUT2D eigenvalue weighted by atomic mass is 10.2. The molecule has 0 bridgehead atoms. The van der Waals surface area contributed by atoms with Crippen LogP contribution in [0.5, 0.6) is 0 Å². The van der Waals surface area contributed by atoms with Gasteiger partial charge in [0.15, 0.2) is 5.82 Å². The smallest absolute Gasteiger partial charge is 0.153 e. The number of nitrogens with two attached hydrogens (primary N) is 1. The van der Waals surface area contributed by atoms with E-state index in [1.54, 1.807) is 24.4 Å². The van der Waals surface area contributed by atoms with Crippen molar-refractivity contribution in [2.45, 2.75) is 6.92 Å². The summed E-state index contributed by atoms with van der Waals surface area (Å²) in [6.45, 7) is 1.92. The highest BCUT2D eigenvalue weighted by molar-refractivity contribution is 6.32. The molecule has 0 atom stereocenters. The van der Waals surface area contributed by atoms with Crippen molar-refractivity contribution < 1.29 is 0 Å². The monoisotopic (exact) mass is 258 g/mol. The van der Waals surface area contributed by atoms with E-state index in [0.717, 1.165) is 11.3 Å². The van der Waals surface area contributed by atoms with Crippen molar-refractivity contribution in [3.8, 4) is 6.07 Å². The Hall–Kier alpha value is -2.25. The molecule has 1 aromatic heterocycles. The van der Waals surface area contributed by atoms with Crippen molar-refractivity contribution in [1.29, 1.82) is 5.26 Å². The lowest BCUT2D eigenvalue weighted by Gasteiger charge is -2.09. The molecule has 3 N–H and O–H groups in total. The van der Waals surface area contributed by atoms with E-state index in [1.165, 1.54) is 0 Å². The van der Waals surface area contributed by atoms with E-state index < -0.39 is 0 Å². The summed E-state index contributed by atoms with van der Waals surface area (Å²) in [5, 5.41) is 12.2. The van der Waals surface area contributed by atoms with Gasteiger partial charge in [-0.2, -0.15) is 5.26 Å². The van der Waals surface area contributed by atoms with Crippen LogP contribution in [-0.4, -0.2) is 4.98 Å². The van der Waals surface area contributed by atoms with E-state index in [0.29, 0.717) is 22.1 Å². The largest absolute Gasteiger partial charge is 0.396 e. The summed E-state index contributed by atoms with van der Waals surface area (Å²) in [7, 11) is 0. The molecular weight excluding hydrogens is 248 g/mol. The molecule has 1 heterocycles. The summed E-state index contributed by atoms with van der Waals surface area (Å²) < 4.78 is 0. The van der Waals surface area contributed by atoms with E-state index in [9.17, 15) is 0 Å². The first-order valence-corrected chi connectivity index (χ1v) is 5.67. The second-order valence-electron chi connectivity index (χ2n) is 3.88. The molecule has 0 spiro atoms. The average molecular weight is 259 g/mol. The molecule has 18 heavy (non-hydrogen) atoms. The third-order valence-electron chi connectivity index (χ3n) is 2.41. The van der Waals surface area contributed by atoms with Crippen LogP contribution in [0.15, 0.2) is 30.5 Å². The molecule has 0 amide bonds. The Morgan fingerprint density at radius 1 is 1.39 bits per heavy atom. The number of hydrogen-bond donors (Lipinski definition) is 2. The number of nitrogen functional groups attached to an aromatic ring is 1. The van der Waals surface area contributed by atoms with E-state index >= 15 is 0 Å². The third-order valence-corrected chi connectivity index (χ3v) is 2.72. The van der Waals surface area contributed by atoms with E-state index in [2.05, 4.69) is 10.3 Å². The third kappa shape index (κ3) is 2.53. The zero-order chi connectivity index (χ0) is 13.1. The molecule has 0 radical (unpaired) electrons. The first kappa shape index (κ1) is 12.2. The van der Waals surface area contributed by atoms with Gasteiger partial charge in [0.1, 0.15) is 6.07 Å². The quantitative estimate of drug-likeness (QED) is 0.867. The van der Waals surface area contributed by atoms with Gasteiger partial charge in [-0.1, -0.05) is 11.6 Å². The van der Waals surface area contributed by atoms with Crippen LogP contribution >= 0.6 is 11.6 Å². The lowest BCUT2D eigenvalue weighted by molar-refractivity contribution is 1.26. The number of nitriles is 1. The summed E-state index contributed by atoms with van der Waals surface area (Å²) in [5.74, 6) is 0.571. The van der Waals surface area contributed by atoms with Gasteiger partial charge in [-0.15, -0.1) is 0 Å². The van der Waals surface area contributed by atoms with E-state index in [-0.39, 0.29) is 0 Å². The van der Waals surface area contributed by atoms with Gasteiger partial charge in [0.05, 0.1) is 16.3 Å². The Labute approximate surface area is 110 Å². The standard InChI is InChI=1S/C13H11ClN4/c1-8-4-12(16)13(17-7-8)18-10-3-2-9(6-15)11(14)5-10/h2-5,7H,16H2,1H3,(H,17,18). The van der Waals surface area contributed by atoms with Crippen LogP contribution in [-0.2, 0) is 0 Å². The maximum Gasteiger partial charge on any atom is 0.153 e. The molecule has 1 aromatic carbocycles. The first-order valence-electron chi connectivity index (χ1n) is 5.29. The highest BCUT2D eigenvalue weighted by atomic mass is 35.5. The molecule has 4 nitrogen and oxygen atoms in total. The van der Waals surface area contributed by atoms with Gasteiger partial charge in [0.25, 0.3) is 0 Å². The van der Waals surface area contributed by atoms with Gasteiger partial charge in [0.2, 0.25) is 0 Å². The van der Waals surface area contributed by atoms with Crippen LogP contribution in [0.25, 0.3) is 0 Å². The number of pyridine rings is 1. The number of aryl methyl sites for hydroxylation is 1.